The van der Waals surface area contributed by atoms with Crippen LogP contribution in [0.3, 0.4) is 0 Å². The fourth-order valence-electron chi connectivity index (χ4n) is 1.62. The fourth-order valence-corrected chi connectivity index (χ4v) is 1.62. The number of nitrogen functional groups attached to an aromatic ring is 1. The summed E-state index contributed by atoms with van der Waals surface area (Å²) in [6, 6.07) is 7.57. The van der Waals surface area contributed by atoms with E-state index in [1.165, 1.54) is 6.20 Å². The Labute approximate surface area is 105 Å². The molecule has 5 heteroatoms. The van der Waals surface area contributed by atoms with Crippen LogP contribution in [-0.4, -0.2) is 23.4 Å². The second kappa shape index (κ2) is 5.27. The van der Waals surface area contributed by atoms with Crippen molar-refractivity contribution in [2.45, 2.75) is 6.42 Å². The molecule has 1 aromatic carbocycles. The van der Waals surface area contributed by atoms with Crippen molar-refractivity contribution in [2.24, 2.45) is 0 Å². The predicted octanol–water partition coefficient (Wildman–Crippen LogP) is 1.47. The van der Waals surface area contributed by atoms with E-state index in [9.17, 15) is 4.79 Å². The van der Waals surface area contributed by atoms with Gasteiger partial charge in [-0.2, -0.15) is 0 Å². The lowest BCUT2D eigenvalue weighted by Crippen LogP contribution is -2.04. The van der Waals surface area contributed by atoms with E-state index >= 15 is 0 Å². The van der Waals surface area contributed by atoms with Gasteiger partial charge < -0.3 is 10.5 Å². The lowest BCUT2D eigenvalue weighted by molar-refractivity contribution is 0.112. The molecule has 0 spiro atoms. The van der Waals surface area contributed by atoms with Crippen LogP contribution in [0, 0.1) is 0 Å². The summed E-state index contributed by atoms with van der Waals surface area (Å²) < 4.78 is 5.08. The summed E-state index contributed by atoms with van der Waals surface area (Å²) in [6.45, 7) is 0. The monoisotopic (exact) mass is 243 g/mol. The first-order valence-corrected chi connectivity index (χ1v) is 5.42. The van der Waals surface area contributed by atoms with Crippen LogP contribution in [-0.2, 0) is 6.42 Å². The van der Waals surface area contributed by atoms with Gasteiger partial charge in [0.1, 0.15) is 5.75 Å². The van der Waals surface area contributed by atoms with Crippen molar-refractivity contribution in [3.63, 3.8) is 0 Å². The first kappa shape index (κ1) is 12.0. The first-order valence-electron chi connectivity index (χ1n) is 5.42. The lowest BCUT2D eigenvalue weighted by Gasteiger charge is -2.05. The number of carbonyl (C=O) groups is 1. The number of hydrogen-bond donors (Lipinski definition) is 1. The van der Waals surface area contributed by atoms with Crippen molar-refractivity contribution >= 4 is 12.2 Å². The second-order valence-electron chi connectivity index (χ2n) is 3.77. The smallest absolute Gasteiger partial charge is 0.220 e. The molecule has 0 aliphatic carbocycles. The van der Waals surface area contributed by atoms with Gasteiger partial charge in [0.15, 0.2) is 6.29 Å². The van der Waals surface area contributed by atoms with Gasteiger partial charge in [0, 0.05) is 12.6 Å². The van der Waals surface area contributed by atoms with Gasteiger partial charge in [0.2, 0.25) is 5.95 Å². The molecule has 1 heterocycles. The average molecular weight is 243 g/mol. The van der Waals surface area contributed by atoms with Gasteiger partial charge in [0.25, 0.3) is 0 Å². The van der Waals surface area contributed by atoms with E-state index in [-0.39, 0.29) is 5.95 Å². The number of hydrogen-bond acceptors (Lipinski definition) is 5. The van der Waals surface area contributed by atoms with E-state index in [2.05, 4.69) is 9.97 Å². The van der Waals surface area contributed by atoms with Crippen molar-refractivity contribution in [3.05, 3.63) is 47.3 Å². The number of benzene rings is 1. The zero-order valence-electron chi connectivity index (χ0n) is 9.96. The van der Waals surface area contributed by atoms with Crippen LogP contribution in [0.2, 0.25) is 0 Å². The number of nitrogens with zero attached hydrogens (tertiary/aromatic N) is 2. The highest BCUT2D eigenvalue weighted by Crippen LogP contribution is 2.15. The topological polar surface area (TPSA) is 78.1 Å². The van der Waals surface area contributed by atoms with E-state index in [1.54, 1.807) is 7.11 Å². The lowest BCUT2D eigenvalue weighted by atomic mass is 10.1. The second-order valence-corrected chi connectivity index (χ2v) is 3.77. The van der Waals surface area contributed by atoms with E-state index in [1.807, 2.05) is 24.3 Å². The minimum absolute atomic E-state index is 0.170. The molecule has 0 aliphatic heterocycles. The fraction of sp³-hybridized carbons (Fsp3) is 0.154. The molecule has 18 heavy (non-hydrogen) atoms. The van der Waals surface area contributed by atoms with Crippen molar-refractivity contribution in [1.29, 1.82) is 0 Å². The van der Waals surface area contributed by atoms with Gasteiger partial charge in [-0.15, -0.1) is 0 Å². The Balaban J connectivity index is 2.27. The molecule has 2 N–H and O–H groups in total. The maximum atomic E-state index is 10.9. The van der Waals surface area contributed by atoms with Crippen molar-refractivity contribution < 1.29 is 9.53 Å². The normalized spacial score (nSPS) is 10.1. The summed E-state index contributed by atoms with van der Waals surface area (Å²) in [5.74, 6) is 0.959. The van der Waals surface area contributed by atoms with Crippen molar-refractivity contribution in [3.8, 4) is 5.75 Å². The summed E-state index contributed by atoms with van der Waals surface area (Å²) in [5.41, 5.74) is 7.63. The van der Waals surface area contributed by atoms with E-state index in [0.717, 1.165) is 17.6 Å². The molecule has 0 amide bonds. The largest absolute Gasteiger partial charge is 0.497 e. The van der Waals surface area contributed by atoms with Gasteiger partial charge >= 0.3 is 0 Å². The molecule has 0 unspecified atom stereocenters. The summed E-state index contributed by atoms with van der Waals surface area (Å²) in [7, 11) is 1.62. The highest BCUT2D eigenvalue weighted by Gasteiger charge is 2.06. The van der Waals surface area contributed by atoms with Gasteiger partial charge in [0.05, 0.1) is 18.4 Å². The number of anilines is 1. The van der Waals surface area contributed by atoms with E-state index < -0.39 is 0 Å². The third-order valence-electron chi connectivity index (χ3n) is 2.58. The minimum atomic E-state index is 0.170. The third kappa shape index (κ3) is 2.63. The Morgan fingerprint density at radius 3 is 2.67 bits per heavy atom. The number of aromatic nitrogens is 2. The first-order chi connectivity index (χ1) is 8.72. The maximum Gasteiger partial charge on any atom is 0.220 e. The molecule has 0 atom stereocenters. The highest BCUT2D eigenvalue weighted by molar-refractivity contribution is 5.76. The maximum absolute atomic E-state index is 10.9. The van der Waals surface area contributed by atoms with Crippen LogP contribution in [0.15, 0.2) is 30.5 Å². The zero-order chi connectivity index (χ0) is 13.0. The predicted molar refractivity (Wildman–Crippen MR) is 67.6 cm³/mol. The number of methoxy groups -OCH3 is 1. The van der Waals surface area contributed by atoms with E-state index in [4.69, 9.17) is 10.5 Å². The molecule has 0 saturated heterocycles. The Morgan fingerprint density at radius 2 is 2.06 bits per heavy atom. The van der Waals surface area contributed by atoms with Crippen LogP contribution >= 0.6 is 0 Å². The molecule has 0 bridgehead atoms. The Bertz CT molecular complexity index is 553. The number of aldehydes is 1. The molecule has 5 nitrogen and oxygen atoms in total. The standard InChI is InChI=1S/C13H13N3O2/c1-18-11-4-2-9(3-5-11)6-12-10(8-17)7-15-13(14)16-12/h2-5,7-8H,6H2,1H3,(H2,14,15,16). The average Bonchev–Trinajstić information content (AvgIpc) is 2.40. The van der Waals surface area contributed by atoms with Crippen molar-refractivity contribution in [2.75, 3.05) is 12.8 Å². The van der Waals surface area contributed by atoms with Gasteiger partial charge in [-0.1, -0.05) is 12.1 Å². The van der Waals surface area contributed by atoms with Crippen LogP contribution in [0.5, 0.6) is 5.75 Å². The van der Waals surface area contributed by atoms with E-state index in [0.29, 0.717) is 17.7 Å². The Hall–Kier alpha value is -2.43. The SMILES string of the molecule is COc1ccc(Cc2nc(N)ncc2C=O)cc1. The quantitative estimate of drug-likeness (QED) is 0.823. The molecule has 0 aliphatic rings. The molecule has 0 radical (unpaired) electrons. The van der Waals surface area contributed by atoms with Gasteiger partial charge in [-0.05, 0) is 17.7 Å². The zero-order valence-corrected chi connectivity index (χ0v) is 9.96. The molecule has 0 fully saturated rings. The molecule has 0 saturated carbocycles. The van der Waals surface area contributed by atoms with Crippen LogP contribution < -0.4 is 10.5 Å². The van der Waals surface area contributed by atoms with Crippen LogP contribution in [0.1, 0.15) is 21.6 Å². The highest BCUT2D eigenvalue weighted by atomic mass is 16.5. The minimum Gasteiger partial charge on any atom is -0.497 e. The molecule has 2 rings (SSSR count). The molecular formula is C13H13N3O2. The number of rotatable bonds is 4. The molecule has 1 aromatic heterocycles. The number of ether oxygens (including phenoxy) is 1. The van der Waals surface area contributed by atoms with Gasteiger partial charge in [-0.3, -0.25) is 4.79 Å². The Morgan fingerprint density at radius 1 is 1.33 bits per heavy atom. The molecular weight excluding hydrogens is 230 g/mol. The van der Waals surface area contributed by atoms with Crippen LogP contribution in [0.25, 0.3) is 0 Å². The summed E-state index contributed by atoms with van der Waals surface area (Å²) in [5, 5.41) is 0. The third-order valence-corrected chi connectivity index (χ3v) is 2.58. The molecule has 2 aromatic rings. The number of carbonyl (C=O) groups excluding carboxylic acids is 1. The summed E-state index contributed by atoms with van der Waals surface area (Å²) >= 11 is 0. The van der Waals surface area contributed by atoms with Gasteiger partial charge in [-0.25, -0.2) is 9.97 Å². The summed E-state index contributed by atoms with van der Waals surface area (Å²) in [4.78, 5) is 18.8. The number of nitrogens with two attached hydrogens (primary N) is 1. The molecule has 92 valence electrons. The summed E-state index contributed by atoms with van der Waals surface area (Å²) in [6.07, 6.45) is 2.71. The van der Waals surface area contributed by atoms with Crippen molar-refractivity contribution in [1.82, 2.24) is 9.97 Å². The Kier molecular flexibility index (Phi) is 3.52. The van der Waals surface area contributed by atoms with Crippen LogP contribution in [0.4, 0.5) is 5.95 Å².